The number of hydrogen-bond acceptors (Lipinski definition) is 5. The fraction of sp³-hybridized carbons (Fsp3) is 0.118. The number of amides is 1. The number of rotatable bonds is 6. The first kappa shape index (κ1) is 17.3. The summed E-state index contributed by atoms with van der Waals surface area (Å²) in [7, 11) is 0. The molecule has 0 spiro atoms. The summed E-state index contributed by atoms with van der Waals surface area (Å²) in [6, 6.07) is 14.4. The lowest BCUT2D eigenvalue weighted by atomic mass is 10.2. The molecule has 25 heavy (non-hydrogen) atoms. The predicted molar refractivity (Wildman–Crippen MR) is 94.1 cm³/mol. The Bertz CT molecular complexity index is 869. The molecule has 0 aliphatic carbocycles. The zero-order chi connectivity index (χ0) is 17.6. The molecule has 6 nitrogen and oxygen atoms in total. The second-order valence-corrected chi connectivity index (χ2v) is 5.92. The molecule has 0 bridgehead atoms. The van der Waals surface area contributed by atoms with Crippen LogP contribution in [-0.2, 0) is 11.2 Å². The SMILES string of the molecule is O=C(COc1ccc(Cl)cc1Cl)Nc1nnc(Cc2ccccc2)o1. The summed E-state index contributed by atoms with van der Waals surface area (Å²) in [5, 5.41) is 11.0. The summed E-state index contributed by atoms with van der Waals surface area (Å²) in [5.74, 6) is 0.320. The second-order valence-electron chi connectivity index (χ2n) is 5.07. The molecule has 128 valence electrons. The van der Waals surface area contributed by atoms with Crippen molar-refractivity contribution in [3.63, 3.8) is 0 Å². The van der Waals surface area contributed by atoms with Gasteiger partial charge in [-0.25, -0.2) is 0 Å². The van der Waals surface area contributed by atoms with Crippen molar-refractivity contribution in [3.05, 3.63) is 70.0 Å². The number of hydrogen-bond donors (Lipinski definition) is 1. The molecule has 1 heterocycles. The third kappa shape index (κ3) is 4.95. The van der Waals surface area contributed by atoms with Crippen LogP contribution in [0, 0.1) is 0 Å². The molecule has 1 aromatic heterocycles. The fourth-order valence-electron chi connectivity index (χ4n) is 2.04. The third-order valence-corrected chi connectivity index (χ3v) is 3.69. The summed E-state index contributed by atoms with van der Waals surface area (Å²) >= 11 is 11.8. The number of benzene rings is 2. The van der Waals surface area contributed by atoms with Crippen molar-refractivity contribution in [2.24, 2.45) is 0 Å². The van der Waals surface area contributed by atoms with Gasteiger partial charge in [0, 0.05) is 5.02 Å². The zero-order valence-electron chi connectivity index (χ0n) is 12.9. The van der Waals surface area contributed by atoms with Crippen molar-refractivity contribution in [2.75, 3.05) is 11.9 Å². The molecule has 0 saturated heterocycles. The van der Waals surface area contributed by atoms with Gasteiger partial charge >= 0.3 is 6.01 Å². The van der Waals surface area contributed by atoms with Crippen LogP contribution in [-0.4, -0.2) is 22.7 Å². The van der Waals surface area contributed by atoms with Gasteiger partial charge in [0.25, 0.3) is 5.91 Å². The highest BCUT2D eigenvalue weighted by Crippen LogP contribution is 2.27. The van der Waals surface area contributed by atoms with Crippen LogP contribution in [0.15, 0.2) is 52.9 Å². The number of halogens is 2. The molecule has 0 atom stereocenters. The topological polar surface area (TPSA) is 77.2 Å². The van der Waals surface area contributed by atoms with Crippen molar-refractivity contribution in [3.8, 4) is 5.75 Å². The molecule has 0 aliphatic rings. The van der Waals surface area contributed by atoms with Crippen LogP contribution < -0.4 is 10.1 Å². The van der Waals surface area contributed by atoms with Gasteiger partial charge in [0.05, 0.1) is 11.4 Å². The standard InChI is InChI=1S/C17H13Cl2N3O3/c18-12-6-7-14(13(19)9-12)24-10-15(23)20-17-22-21-16(25-17)8-11-4-2-1-3-5-11/h1-7,9H,8,10H2,(H,20,22,23). The lowest BCUT2D eigenvalue weighted by Crippen LogP contribution is -2.20. The van der Waals surface area contributed by atoms with Crippen molar-refractivity contribution in [1.82, 2.24) is 10.2 Å². The number of ether oxygens (including phenoxy) is 1. The van der Waals surface area contributed by atoms with Crippen molar-refractivity contribution in [1.29, 1.82) is 0 Å². The van der Waals surface area contributed by atoms with Crippen LogP contribution in [0.1, 0.15) is 11.5 Å². The number of anilines is 1. The Labute approximate surface area is 153 Å². The van der Waals surface area contributed by atoms with E-state index >= 15 is 0 Å². The Balaban J connectivity index is 1.53. The first-order valence-electron chi connectivity index (χ1n) is 7.34. The molecule has 2 aromatic carbocycles. The first-order chi connectivity index (χ1) is 12.1. The number of aromatic nitrogens is 2. The lowest BCUT2D eigenvalue weighted by Gasteiger charge is -2.07. The van der Waals surface area contributed by atoms with Crippen LogP contribution in [0.4, 0.5) is 6.01 Å². The highest BCUT2D eigenvalue weighted by atomic mass is 35.5. The van der Waals surface area contributed by atoms with Crippen LogP contribution in [0.2, 0.25) is 10.0 Å². The fourth-order valence-corrected chi connectivity index (χ4v) is 2.50. The highest BCUT2D eigenvalue weighted by molar-refractivity contribution is 6.35. The normalized spacial score (nSPS) is 10.5. The van der Waals surface area contributed by atoms with E-state index in [1.54, 1.807) is 12.1 Å². The molecule has 1 amide bonds. The Morgan fingerprint density at radius 3 is 2.68 bits per heavy atom. The van der Waals surface area contributed by atoms with E-state index in [0.717, 1.165) is 5.56 Å². The Morgan fingerprint density at radius 2 is 1.92 bits per heavy atom. The van der Waals surface area contributed by atoms with E-state index in [1.807, 2.05) is 30.3 Å². The molecule has 0 radical (unpaired) electrons. The maximum atomic E-state index is 11.9. The van der Waals surface area contributed by atoms with E-state index < -0.39 is 5.91 Å². The minimum absolute atomic E-state index is 0.0155. The Hall–Kier alpha value is -2.57. The van der Waals surface area contributed by atoms with Gasteiger partial charge in [0.1, 0.15) is 5.75 Å². The average molecular weight is 378 g/mol. The molecular weight excluding hydrogens is 365 g/mol. The average Bonchev–Trinajstić information content (AvgIpc) is 3.02. The number of nitrogens with zero attached hydrogens (tertiary/aromatic N) is 2. The molecule has 0 aliphatic heterocycles. The van der Waals surface area contributed by atoms with E-state index in [1.165, 1.54) is 6.07 Å². The van der Waals surface area contributed by atoms with Crippen LogP contribution in [0.5, 0.6) is 5.75 Å². The minimum Gasteiger partial charge on any atom is -0.482 e. The first-order valence-corrected chi connectivity index (χ1v) is 8.10. The molecule has 0 unspecified atom stereocenters. The Morgan fingerprint density at radius 1 is 1.12 bits per heavy atom. The van der Waals surface area contributed by atoms with Crippen LogP contribution in [0.3, 0.4) is 0 Å². The maximum Gasteiger partial charge on any atom is 0.322 e. The smallest absolute Gasteiger partial charge is 0.322 e. The predicted octanol–water partition coefficient (Wildman–Crippen LogP) is 3.98. The zero-order valence-corrected chi connectivity index (χ0v) is 14.4. The second kappa shape index (κ2) is 8.00. The maximum absolute atomic E-state index is 11.9. The highest BCUT2D eigenvalue weighted by Gasteiger charge is 2.12. The van der Waals surface area contributed by atoms with Crippen LogP contribution >= 0.6 is 23.2 Å². The summed E-state index contributed by atoms with van der Waals surface area (Å²) in [4.78, 5) is 11.9. The van der Waals surface area contributed by atoms with E-state index in [2.05, 4.69) is 15.5 Å². The van der Waals surface area contributed by atoms with Gasteiger partial charge in [-0.15, -0.1) is 5.10 Å². The third-order valence-electron chi connectivity index (χ3n) is 3.16. The van der Waals surface area contributed by atoms with Crippen molar-refractivity contribution < 1.29 is 13.9 Å². The number of carbonyl (C=O) groups is 1. The largest absolute Gasteiger partial charge is 0.482 e. The van der Waals surface area contributed by atoms with Crippen molar-refractivity contribution >= 4 is 35.1 Å². The van der Waals surface area contributed by atoms with Gasteiger partial charge in [-0.2, -0.15) is 0 Å². The van der Waals surface area contributed by atoms with Gasteiger partial charge in [-0.1, -0.05) is 58.6 Å². The molecule has 1 N–H and O–H groups in total. The summed E-state index contributed by atoms with van der Waals surface area (Å²) in [6.07, 6.45) is 0.487. The van der Waals surface area contributed by atoms with E-state index in [-0.39, 0.29) is 12.6 Å². The summed E-state index contributed by atoms with van der Waals surface area (Å²) in [5.41, 5.74) is 1.03. The van der Waals surface area contributed by atoms with Gasteiger partial charge in [-0.3, -0.25) is 10.1 Å². The molecule has 0 saturated carbocycles. The van der Waals surface area contributed by atoms with E-state index in [9.17, 15) is 4.79 Å². The number of nitrogens with one attached hydrogen (secondary N) is 1. The van der Waals surface area contributed by atoms with Gasteiger partial charge in [-0.05, 0) is 23.8 Å². The quantitative estimate of drug-likeness (QED) is 0.702. The molecule has 3 aromatic rings. The van der Waals surface area contributed by atoms with Gasteiger partial charge in [0.15, 0.2) is 6.61 Å². The van der Waals surface area contributed by atoms with Gasteiger partial charge in [0.2, 0.25) is 5.89 Å². The lowest BCUT2D eigenvalue weighted by molar-refractivity contribution is -0.118. The van der Waals surface area contributed by atoms with Crippen LogP contribution in [0.25, 0.3) is 0 Å². The Kier molecular flexibility index (Phi) is 5.53. The number of carbonyl (C=O) groups excluding carboxylic acids is 1. The minimum atomic E-state index is -0.444. The molecule has 3 rings (SSSR count). The van der Waals surface area contributed by atoms with E-state index in [0.29, 0.717) is 28.1 Å². The van der Waals surface area contributed by atoms with Gasteiger partial charge < -0.3 is 9.15 Å². The molecule has 0 fully saturated rings. The monoisotopic (exact) mass is 377 g/mol. The van der Waals surface area contributed by atoms with Crippen molar-refractivity contribution in [2.45, 2.75) is 6.42 Å². The summed E-state index contributed by atoms with van der Waals surface area (Å²) < 4.78 is 10.7. The summed E-state index contributed by atoms with van der Waals surface area (Å²) in [6.45, 7) is -0.252. The molecule has 8 heteroatoms. The van der Waals surface area contributed by atoms with E-state index in [4.69, 9.17) is 32.4 Å². The molecular formula is C17H13Cl2N3O3.